The molecular formula is C27H27F2N5O4S. The van der Waals surface area contributed by atoms with Gasteiger partial charge in [-0.1, -0.05) is 26.0 Å². The first-order chi connectivity index (χ1) is 18.5. The monoisotopic (exact) mass is 555 g/mol. The summed E-state index contributed by atoms with van der Waals surface area (Å²) in [5.41, 5.74) is 3.24. The molecule has 0 radical (unpaired) electrons. The van der Waals surface area contributed by atoms with Gasteiger partial charge >= 0.3 is 0 Å². The fourth-order valence-electron chi connectivity index (χ4n) is 4.58. The molecule has 204 valence electrons. The van der Waals surface area contributed by atoms with Crippen molar-refractivity contribution in [1.29, 1.82) is 0 Å². The summed E-state index contributed by atoms with van der Waals surface area (Å²) in [6, 6.07) is 12.6. The van der Waals surface area contributed by atoms with Crippen molar-refractivity contribution >= 4 is 32.7 Å². The van der Waals surface area contributed by atoms with Crippen LogP contribution in [0.5, 0.6) is 0 Å². The van der Waals surface area contributed by atoms with Gasteiger partial charge in [-0.2, -0.15) is 5.10 Å². The van der Waals surface area contributed by atoms with Crippen LogP contribution < -0.4 is 9.62 Å². The normalized spacial score (nSPS) is 14.3. The van der Waals surface area contributed by atoms with E-state index in [1.807, 2.05) is 42.8 Å². The van der Waals surface area contributed by atoms with Crippen LogP contribution in [0.4, 0.5) is 14.5 Å². The van der Waals surface area contributed by atoms with E-state index in [2.05, 4.69) is 15.0 Å². The van der Waals surface area contributed by atoms with Crippen molar-refractivity contribution < 1.29 is 26.7 Å². The molecule has 0 bridgehead atoms. The lowest BCUT2D eigenvalue weighted by Gasteiger charge is -2.29. The van der Waals surface area contributed by atoms with Crippen LogP contribution in [0.3, 0.4) is 0 Å². The molecule has 0 aliphatic carbocycles. The van der Waals surface area contributed by atoms with Crippen LogP contribution in [-0.2, 0) is 14.8 Å². The smallest absolute Gasteiger partial charge is 0.283 e. The van der Waals surface area contributed by atoms with Crippen molar-refractivity contribution in [3.63, 3.8) is 0 Å². The lowest BCUT2D eigenvalue weighted by Crippen LogP contribution is -2.36. The zero-order valence-corrected chi connectivity index (χ0v) is 22.4. The SMILES string of the molecule is CC(C)c1nn(-c2ccc(F)c(F)c2)c2nc(C(=O)NS(C)(=O)=O)cc(-c3ccc(N4CCOCC4)cc3)c12. The van der Waals surface area contributed by atoms with Gasteiger partial charge in [-0.25, -0.2) is 31.6 Å². The number of fused-ring (bicyclic) bond motifs is 1. The highest BCUT2D eigenvalue weighted by atomic mass is 32.2. The zero-order chi connectivity index (χ0) is 27.9. The first-order valence-corrected chi connectivity index (χ1v) is 14.3. The topological polar surface area (TPSA) is 106 Å². The summed E-state index contributed by atoms with van der Waals surface area (Å²) in [4.78, 5) is 19.6. The molecule has 1 fully saturated rings. The molecule has 0 saturated carbocycles. The Morgan fingerprint density at radius 1 is 1.00 bits per heavy atom. The van der Waals surface area contributed by atoms with Crippen LogP contribution in [0, 0.1) is 11.6 Å². The molecule has 9 nitrogen and oxygen atoms in total. The minimum Gasteiger partial charge on any atom is -0.378 e. The maximum Gasteiger partial charge on any atom is 0.283 e. The molecular weight excluding hydrogens is 528 g/mol. The zero-order valence-electron chi connectivity index (χ0n) is 21.6. The molecule has 2 aromatic heterocycles. The number of hydrogen-bond acceptors (Lipinski definition) is 7. The Morgan fingerprint density at radius 2 is 1.67 bits per heavy atom. The van der Waals surface area contributed by atoms with Gasteiger partial charge < -0.3 is 9.64 Å². The first kappa shape index (κ1) is 26.7. The van der Waals surface area contributed by atoms with Crippen molar-refractivity contribution in [2.24, 2.45) is 0 Å². The minimum absolute atomic E-state index is 0.0945. The first-order valence-electron chi connectivity index (χ1n) is 12.4. The van der Waals surface area contributed by atoms with Crippen LogP contribution in [0.2, 0.25) is 0 Å². The van der Waals surface area contributed by atoms with Gasteiger partial charge in [0, 0.05) is 24.8 Å². The second-order valence-corrected chi connectivity index (χ2v) is 11.4. The molecule has 1 aliphatic heterocycles. The number of carbonyl (C=O) groups is 1. The highest BCUT2D eigenvalue weighted by molar-refractivity contribution is 7.89. The number of anilines is 1. The molecule has 5 rings (SSSR count). The summed E-state index contributed by atoms with van der Waals surface area (Å²) in [7, 11) is -3.87. The molecule has 0 unspecified atom stereocenters. The predicted molar refractivity (Wildman–Crippen MR) is 144 cm³/mol. The standard InChI is InChI=1S/C27H27F2N5O4S/c1-16(2)25-24-20(17-4-6-18(7-5-17)33-10-12-38-13-11-33)15-23(27(35)32-39(3,36)37)30-26(24)34(31-25)19-8-9-21(28)22(29)14-19/h4-9,14-16H,10-13H2,1-3H3,(H,32,35). The maximum atomic E-state index is 14.2. The van der Waals surface area contributed by atoms with Crippen molar-refractivity contribution in [2.45, 2.75) is 19.8 Å². The summed E-state index contributed by atoms with van der Waals surface area (Å²) >= 11 is 0. The number of aromatic nitrogens is 3. The number of pyridine rings is 1. The molecule has 1 N–H and O–H groups in total. The Labute approximate surface area is 224 Å². The molecule has 39 heavy (non-hydrogen) atoms. The number of ether oxygens (including phenoxy) is 1. The molecule has 1 amide bonds. The second-order valence-electron chi connectivity index (χ2n) is 9.65. The fraction of sp³-hybridized carbons (Fsp3) is 0.296. The van der Waals surface area contributed by atoms with E-state index >= 15 is 0 Å². The van der Waals surface area contributed by atoms with E-state index in [4.69, 9.17) is 4.74 Å². The molecule has 3 heterocycles. The Bertz CT molecular complexity index is 1660. The number of amides is 1. The van der Waals surface area contributed by atoms with E-state index in [0.29, 0.717) is 29.9 Å². The number of carbonyl (C=O) groups excluding carboxylic acids is 1. The van der Waals surface area contributed by atoms with Gasteiger partial charge in [-0.3, -0.25) is 4.79 Å². The van der Waals surface area contributed by atoms with Crippen LogP contribution in [0.25, 0.3) is 27.8 Å². The average Bonchev–Trinajstić information content (AvgIpc) is 3.29. The third-order valence-corrected chi connectivity index (χ3v) is 6.98. The number of rotatable bonds is 6. The predicted octanol–water partition coefficient (Wildman–Crippen LogP) is 4.02. The fourth-order valence-corrected chi connectivity index (χ4v) is 5.02. The van der Waals surface area contributed by atoms with E-state index in [-0.39, 0.29) is 22.9 Å². The summed E-state index contributed by atoms with van der Waals surface area (Å²) < 4.78 is 60.2. The number of nitrogens with zero attached hydrogens (tertiary/aromatic N) is 4. The van der Waals surface area contributed by atoms with Crippen molar-refractivity contribution in [3.8, 4) is 16.8 Å². The van der Waals surface area contributed by atoms with Crippen molar-refractivity contribution in [1.82, 2.24) is 19.5 Å². The van der Waals surface area contributed by atoms with E-state index in [9.17, 15) is 22.0 Å². The van der Waals surface area contributed by atoms with E-state index in [0.717, 1.165) is 42.7 Å². The Morgan fingerprint density at radius 3 is 2.28 bits per heavy atom. The van der Waals surface area contributed by atoms with Crippen LogP contribution >= 0.6 is 0 Å². The number of benzene rings is 2. The number of morpholine rings is 1. The van der Waals surface area contributed by atoms with Crippen molar-refractivity contribution in [3.05, 3.63) is 71.6 Å². The van der Waals surface area contributed by atoms with Crippen LogP contribution in [0.1, 0.15) is 35.9 Å². The van der Waals surface area contributed by atoms with Gasteiger partial charge in [0.2, 0.25) is 10.0 Å². The maximum absolute atomic E-state index is 14.2. The second kappa shape index (κ2) is 10.3. The molecule has 2 aromatic carbocycles. The summed E-state index contributed by atoms with van der Waals surface area (Å²) in [6.07, 6.45) is 0.872. The largest absolute Gasteiger partial charge is 0.378 e. The summed E-state index contributed by atoms with van der Waals surface area (Å²) in [5, 5.41) is 5.29. The summed E-state index contributed by atoms with van der Waals surface area (Å²) in [5.74, 6) is -3.09. The Kier molecular flexibility index (Phi) is 7.08. The number of sulfonamides is 1. The average molecular weight is 556 g/mol. The van der Waals surface area contributed by atoms with E-state index < -0.39 is 27.6 Å². The van der Waals surface area contributed by atoms with Gasteiger partial charge in [0.15, 0.2) is 17.3 Å². The molecule has 12 heteroatoms. The lowest BCUT2D eigenvalue weighted by atomic mass is 9.97. The summed E-state index contributed by atoms with van der Waals surface area (Å²) in [6.45, 7) is 6.71. The van der Waals surface area contributed by atoms with Crippen LogP contribution in [0.15, 0.2) is 48.5 Å². The third-order valence-electron chi connectivity index (χ3n) is 6.42. The van der Waals surface area contributed by atoms with Gasteiger partial charge in [-0.05, 0) is 47.4 Å². The number of nitrogens with one attached hydrogen (secondary N) is 1. The van der Waals surface area contributed by atoms with Gasteiger partial charge in [0.25, 0.3) is 5.91 Å². The van der Waals surface area contributed by atoms with E-state index in [1.165, 1.54) is 16.8 Å². The minimum atomic E-state index is -3.87. The Hall–Kier alpha value is -3.90. The van der Waals surface area contributed by atoms with E-state index in [1.54, 1.807) is 0 Å². The highest BCUT2D eigenvalue weighted by Crippen LogP contribution is 2.36. The molecule has 1 saturated heterocycles. The van der Waals surface area contributed by atoms with Gasteiger partial charge in [0.1, 0.15) is 5.69 Å². The lowest BCUT2D eigenvalue weighted by molar-refractivity contribution is 0.0977. The molecule has 1 aliphatic rings. The van der Waals surface area contributed by atoms with Gasteiger partial charge in [0.05, 0.1) is 36.2 Å². The van der Waals surface area contributed by atoms with Crippen LogP contribution in [-0.4, -0.2) is 61.6 Å². The van der Waals surface area contributed by atoms with Gasteiger partial charge in [-0.15, -0.1) is 0 Å². The number of halogens is 2. The number of hydrogen-bond donors (Lipinski definition) is 1. The third kappa shape index (κ3) is 5.48. The molecule has 0 spiro atoms. The molecule has 0 atom stereocenters. The Balaban J connectivity index is 1.74. The quantitative estimate of drug-likeness (QED) is 0.383. The molecule has 4 aromatic rings. The highest BCUT2D eigenvalue weighted by Gasteiger charge is 2.24. The van der Waals surface area contributed by atoms with Crippen molar-refractivity contribution in [2.75, 3.05) is 37.5 Å².